The van der Waals surface area contributed by atoms with Gasteiger partial charge in [-0.05, 0) is 66.5 Å². The summed E-state index contributed by atoms with van der Waals surface area (Å²) in [7, 11) is 0. The van der Waals surface area contributed by atoms with Crippen molar-refractivity contribution < 1.29 is 0 Å². The van der Waals surface area contributed by atoms with E-state index < -0.39 is 0 Å². The zero-order chi connectivity index (χ0) is 16.1. The SMILES string of the molecule is CCCCCCC1CCc2cc([C@H]3CC[C@H](C)CC3)ccc2C1. The van der Waals surface area contributed by atoms with Gasteiger partial charge in [-0.2, -0.15) is 0 Å². The van der Waals surface area contributed by atoms with Crippen LogP contribution < -0.4 is 0 Å². The van der Waals surface area contributed by atoms with Gasteiger partial charge < -0.3 is 0 Å². The molecule has 0 N–H and O–H groups in total. The predicted octanol–water partition coefficient (Wildman–Crippen LogP) is 7.06. The molecular weight excluding hydrogens is 276 g/mol. The van der Waals surface area contributed by atoms with E-state index in [9.17, 15) is 0 Å². The fourth-order valence-corrected chi connectivity index (χ4v) is 4.80. The Morgan fingerprint density at radius 2 is 1.74 bits per heavy atom. The minimum atomic E-state index is 0.850. The summed E-state index contributed by atoms with van der Waals surface area (Å²) in [5.41, 5.74) is 5.01. The summed E-state index contributed by atoms with van der Waals surface area (Å²) < 4.78 is 0. The molecule has 0 saturated heterocycles. The van der Waals surface area contributed by atoms with E-state index in [0.717, 1.165) is 17.8 Å². The van der Waals surface area contributed by atoms with E-state index in [-0.39, 0.29) is 0 Å². The smallest absolute Gasteiger partial charge is 0.0162 e. The minimum Gasteiger partial charge on any atom is -0.0654 e. The lowest BCUT2D eigenvalue weighted by molar-refractivity contribution is 0.347. The van der Waals surface area contributed by atoms with Crippen molar-refractivity contribution in [3.8, 4) is 0 Å². The summed E-state index contributed by atoms with van der Waals surface area (Å²) in [6, 6.07) is 7.54. The number of aryl methyl sites for hydroxylation is 1. The summed E-state index contributed by atoms with van der Waals surface area (Å²) in [4.78, 5) is 0. The van der Waals surface area contributed by atoms with Crippen LogP contribution in [0.3, 0.4) is 0 Å². The number of benzene rings is 1. The molecule has 0 bridgehead atoms. The quantitative estimate of drug-likeness (QED) is 0.493. The lowest BCUT2D eigenvalue weighted by Crippen LogP contribution is -2.16. The van der Waals surface area contributed by atoms with Crippen molar-refractivity contribution in [2.75, 3.05) is 0 Å². The molecule has 1 saturated carbocycles. The van der Waals surface area contributed by atoms with Gasteiger partial charge in [0, 0.05) is 0 Å². The van der Waals surface area contributed by atoms with Crippen molar-refractivity contribution in [1.82, 2.24) is 0 Å². The predicted molar refractivity (Wildman–Crippen MR) is 101 cm³/mol. The Hall–Kier alpha value is -0.780. The highest BCUT2D eigenvalue weighted by Gasteiger charge is 2.22. The van der Waals surface area contributed by atoms with E-state index >= 15 is 0 Å². The molecule has 3 rings (SSSR count). The molecule has 0 heterocycles. The van der Waals surface area contributed by atoms with Gasteiger partial charge in [-0.25, -0.2) is 0 Å². The van der Waals surface area contributed by atoms with Gasteiger partial charge in [-0.15, -0.1) is 0 Å². The van der Waals surface area contributed by atoms with E-state index in [1.54, 1.807) is 16.7 Å². The van der Waals surface area contributed by atoms with Gasteiger partial charge >= 0.3 is 0 Å². The molecular formula is C23H36. The standard InChI is InChI=1S/C23H36/c1-3-4-5-6-7-19-10-13-23-17-22(15-14-21(23)16-19)20-11-8-18(2)9-12-20/h14-15,17-20H,3-13,16H2,1-2H3/t18-,19?,20-. The van der Waals surface area contributed by atoms with Crippen LogP contribution in [0.2, 0.25) is 0 Å². The molecule has 0 amide bonds. The van der Waals surface area contributed by atoms with Gasteiger partial charge in [0.15, 0.2) is 0 Å². The molecule has 128 valence electrons. The van der Waals surface area contributed by atoms with Crippen LogP contribution >= 0.6 is 0 Å². The molecule has 2 aliphatic rings. The number of hydrogen-bond acceptors (Lipinski definition) is 0. The van der Waals surface area contributed by atoms with Crippen LogP contribution in [0.5, 0.6) is 0 Å². The van der Waals surface area contributed by atoms with Crippen LogP contribution in [-0.2, 0) is 12.8 Å². The Labute approximate surface area is 144 Å². The van der Waals surface area contributed by atoms with Gasteiger partial charge in [0.25, 0.3) is 0 Å². The molecule has 0 aliphatic heterocycles. The van der Waals surface area contributed by atoms with Gasteiger partial charge in [0.05, 0.1) is 0 Å². The highest BCUT2D eigenvalue weighted by Crippen LogP contribution is 2.37. The van der Waals surface area contributed by atoms with Crippen LogP contribution in [0.25, 0.3) is 0 Å². The average molecular weight is 313 g/mol. The van der Waals surface area contributed by atoms with Crippen LogP contribution in [0, 0.1) is 11.8 Å². The van der Waals surface area contributed by atoms with Crippen LogP contribution in [0.15, 0.2) is 18.2 Å². The van der Waals surface area contributed by atoms with Crippen molar-refractivity contribution in [3.05, 3.63) is 34.9 Å². The van der Waals surface area contributed by atoms with Crippen LogP contribution in [0.1, 0.15) is 101 Å². The second-order valence-electron chi connectivity index (χ2n) is 8.44. The first-order valence-corrected chi connectivity index (χ1v) is 10.4. The Balaban J connectivity index is 1.55. The van der Waals surface area contributed by atoms with E-state index in [0.29, 0.717) is 0 Å². The van der Waals surface area contributed by atoms with E-state index in [1.165, 1.54) is 77.0 Å². The monoisotopic (exact) mass is 312 g/mol. The second kappa shape index (κ2) is 8.36. The van der Waals surface area contributed by atoms with Gasteiger partial charge in [0.1, 0.15) is 0 Å². The maximum atomic E-state index is 2.59. The molecule has 0 spiro atoms. The largest absolute Gasteiger partial charge is 0.0654 e. The minimum absolute atomic E-state index is 0.850. The fourth-order valence-electron chi connectivity index (χ4n) is 4.80. The first-order chi connectivity index (χ1) is 11.3. The maximum absolute atomic E-state index is 2.59. The number of unbranched alkanes of at least 4 members (excludes halogenated alkanes) is 3. The first kappa shape index (κ1) is 17.1. The third-order valence-corrected chi connectivity index (χ3v) is 6.51. The van der Waals surface area contributed by atoms with Gasteiger partial charge in [0.2, 0.25) is 0 Å². The molecule has 1 fully saturated rings. The van der Waals surface area contributed by atoms with Gasteiger partial charge in [-0.3, -0.25) is 0 Å². The summed E-state index contributed by atoms with van der Waals surface area (Å²) >= 11 is 0. The highest BCUT2D eigenvalue weighted by atomic mass is 14.3. The zero-order valence-corrected chi connectivity index (χ0v) is 15.4. The molecule has 1 aromatic carbocycles. The third kappa shape index (κ3) is 4.61. The van der Waals surface area contributed by atoms with Crippen LogP contribution in [0.4, 0.5) is 0 Å². The summed E-state index contributed by atoms with van der Waals surface area (Å²) in [5.74, 6) is 2.77. The lowest BCUT2D eigenvalue weighted by Gasteiger charge is -2.29. The van der Waals surface area contributed by atoms with Gasteiger partial charge in [-0.1, -0.05) is 77.0 Å². The van der Waals surface area contributed by atoms with Crippen molar-refractivity contribution in [2.24, 2.45) is 11.8 Å². The van der Waals surface area contributed by atoms with Crippen LogP contribution in [-0.4, -0.2) is 0 Å². The Morgan fingerprint density at radius 3 is 2.52 bits per heavy atom. The number of rotatable bonds is 6. The number of fused-ring (bicyclic) bond motifs is 1. The molecule has 2 aliphatic carbocycles. The van der Waals surface area contributed by atoms with Crippen molar-refractivity contribution in [3.63, 3.8) is 0 Å². The summed E-state index contributed by atoms with van der Waals surface area (Å²) in [5, 5.41) is 0. The van der Waals surface area contributed by atoms with E-state index in [4.69, 9.17) is 0 Å². The lowest BCUT2D eigenvalue weighted by atomic mass is 9.76. The molecule has 0 radical (unpaired) electrons. The average Bonchev–Trinajstić information content (AvgIpc) is 2.59. The van der Waals surface area contributed by atoms with Crippen molar-refractivity contribution in [1.29, 1.82) is 0 Å². The molecule has 1 unspecified atom stereocenters. The topological polar surface area (TPSA) is 0 Å². The maximum Gasteiger partial charge on any atom is -0.0162 e. The zero-order valence-electron chi connectivity index (χ0n) is 15.4. The van der Waals surface area contributed by atoms with E-state index in [1.807, 2.05) is 0 Å². The molecule has 0 aromatic heterocycles. The highest BCUT2D eigenvalue weighted by molar-refractivity contribution is 5.36. The number of hydrogen-bond donors (Lipinski definition) is 0. The molecule has 1 aromatic rings. The van der Waals surface area contributed by atoms with Crippen molar-refractivity contribution in [2.45, 2.75) is 96.8 Å². The normalized spacial score (nSPS) is 27.7. The Kier molecular flexibility index (Phi) is 6.20. The van der Waals surface area contributed by atoms with Crippen molar-refractivity contribution >= 4 is 0 Å². The fraction of sp³-hybridized carbons (Fsp3) is 0.739. The molecule has 0 heteroatoms. The summed E-state index contributed by atoms with van der Waals surface area (Å²) in [6.07, 6.45) is 17.0. The molecule has 23 heavy (non-hydrogen) atoms. The molecule has 0 nitrogen and oxygen atoms in total. The Bertz CT molecular complexity index is 479. The Morgan fingerprint density at radius 1 is 0.913 bits per heavy atom. The third-order valence-electron chi connectivity index (χ3n) is 6.51. The van der Waals surface area contributed by atoms with E-state index in [2.05, 4.69) is 32.0 Å². The summed E-state index contributed by atoms with van der Waals surface area (Å²) in [6.45, 7) is 4.73. The first-order valence-electron chi connectivity index (χ1n) is 10.4. The molecule has 1 atom stereocenters. The second-order valence-corrected chi connectivity index (χ2v) is 8.44.